The minimum Gasteiger partial charge on any atom is -0.355 e. The predicted octanol–water partition coefficient (Wildman–Crippen LogP) is 0.534. The first kappa shape index (κ1) is 11.0. The van der Waals surface area contributed by atoms with E-state index in [2.05, 4.69) is 5.32 Å². The molecule has 0 aromatic heterocycles. The lowest BCUT2D eigenvalue weighted by Gasteiger charge is -2.24. The van der Waals surface area contributed by atoms with Crippen molar-refractivity contribution in [1.82, 2.24) is 5.32 Å². The predicted molar refractivity (Wildman–Crippen MR) is 53.2 cm³/mol. The zero-order valence-corrected chi connectivity index (χ0v) is 8.33. The van der Waals surface area contributed by atoms with Crippen LogP contribution in [0, 0.1) is 17.2 Å². The maximum absolute atomic E-state index is 11.5. The van der Waals surface area contributed by atoms with Crippen molar-refractivity contribution in [2.45, 2.75) is 38.1 Å². The van der Waals surface area contributed by atoms with Gasteiger partial charge in [0.25, 0.3) is 0 Å². The molecule has 0 heterocycles. The summed E-state index contributed by atoms with van der Waals surface area (Å²) < 4.78 is 0. The Morgan fingerprint density at radius 2 is 2.07 bits per heavy atom. The molecular weight excluding hydrogens is 178 g/mol. The SMILES string of the molecule is N#CCCNC(=O)C1CCC(N)CC1. The molecule has 1 rings (SSSR count). The smallest absolute Gasteiger partial charge is 0.223 e. The molecule has 1 aliphatic carbocycles. The second kappa shape index (κ2) is 5.61. The Kier molecular flexibility index (Phi) is 4.41. The molecule has 1 fully saturated rings. The van der Waals surface area contributed by atoms with E-state index in [0.29, 0.717) is 13.0 Å². The number of nitrogens with two attached hydrogens (primary N) is 1. The van der Waals surface area contributed by atoms with Gasteiger partial charge in [0.1, 0.15) is 0 Å². The lowest BCUT2D eigenvalue weighted by molar-refractivity contribution is -0.125. The van der Waals surface area contributed by atoms with Gasteiger partial charge in [0.05, 0.1) is 12.5 Å². The Labute approximate surface area is 84.5 Å². The third-order valence-corrected chi connectivity index (χ3v) is 2.68. The molecular formula is C10H17N3O. The van der Waals surface area contributed by atoms with Crippen LogP contribution >= 0.6 is 0 Å². The Morgan fingerprint density at radius 3 is 2.64 bits per heavy atom. The van der Waals surface area contributed by atoms with Crippen molar-refractivity contribution in [3.8, 4) is 6.07 Å². The number of rotatable bonds is 3. The molecule has 1 saturated carbocycles. The van der Waals surface area contributed by atoms with Crippen molar-refractivity contribution in [2.24, 2.45) is 11.7 Å². The highest BCUT2D eigenvalue weighted by molar-refractivity contribution is 5.78. The molecule has 0 aliphatic heterocycles. The zero-order valence-electron chi connectivity index (χ0n) is 8.33. The quantitative estimate of drug-likeness (QED) is 0.645. The number of carbonyl (C=O) groups excluding carboxylic acids is 1. The normalized spacial score (nSPS) is 26.6. The van der Waals surface area contributed by atoms with Gasteiger partial charge in [-0.3, -0.25) is 4.79 Å². The monoisotopic (exact) mass is 195 g/mol. The van der Waals surface area contributed by atoms with Gasteiger partial charge in [0.2, 0.25) is 5.91 Å². The Balaban J connectivity index is 2.21. The highest BCUT2D eigenvalue weighted by atomic mass is 16.1. The number of carbonyl (C=O) groups is 1. The molecule has 0 aromatic rings. The van der Waals surface area contributed by atoms with E-state index in [4.69, 9.17) is 11.0 Å². The van der Waals surface area contributed by atoms with Gasteiger partial charge in [-0.05, 0) is 25.7 Å². The van der Waals surface area contributed by atoms with Gasteiger partial charge in [-0.25, -0.2) is 0 Å². The van der Waals surface area contributed by atoms with Gasteiger partial charge < -0.3 is 11.1 Å². The molecule has 4 nitrogen and oxygen atoms in total. The summed E-state index contributed by atoms with van der Waals surface area (Å²) in [6.07, 6.45) is 4.05. The molecule has 78 valence electrons. The molecule has 0 aromatic carbocycles. The van der Waals surface area contributed by atoms with Crippen molar-refractivity contribution in [3.63, 3.8) is 0 Å². The molecule has 0 radical (unpaired) electrons. The van der Waals surface area contributed by atoms with E-state index >= 15 is 0 Å². The molecule has 0 bridgehead atoms. The highest BCUT2D eigenvalue weighted by Crippen LogP contribution is 2.22. The average Bonchev–Trinajstić information content (AvgIpc) is 2.19. The number of amides is 1. The first-order valence-corrected chi connectivity index (χ1v) is 5.14. The summed E-state index contributed by atoms with van der Waals surface area (Å²) in [6.45, 7) is 0.470. The zero-order chi connectivity index (χ0) is 10.4. The summed E-state index contributed by atoms with van der Waals surface area (Å²) in [4.78, 5) is 11.5. The summed E-state index contributed by atoms with van der Waals surface area (Å²) in [5.41, 5.74) is 5.74. The molecule has 14 heavy (non-hydrogen) atoms. The summed E-state index contributed by atoms with van der Waals surface area (Å²) in [6, 6.07) is 2.27. The molecule has 3 N–H and O–H groups in total. The molecule has 0 atom stereocenters. The fourth-order valence-corrected chi connectivity index (χ4v) is 1.77. The van der Waals surface area contributed by atoms with E-state index in [1.54, 1.807) is 0 Å². The van der Waals surface area contributed by atoms with E-state index in [0.717, 1.165) is 25.7 Å². The third-order valence-electron chi connectivity index (χ3n) is 2.68. The number of nitrogens with zero attached hydrogens (tertiary/aromatic N) is 1. The Bertz CT molecular complexity index is 226. The van der Waals surface area contributed by atoms with Crippen LogP contribution in [0.3, 0.4) is 0 Å². The van der Waals surface area contributed by atoms with Gasteiger partial charge in [-0.15, -0.1) is 0 Å². The average molecular weight is 195 g/mol. The van der Waals surface area contributed by atoms with Crippen LogP contribution in [0.1, 0.15) is 32.1 Å². The molecule has 0 saturated heterocycles. The summed E-state index contributed by atoms with van der Waals surface area (Å²) >= 11 is 0. The van der Waals surface area contributed by atoms with E-state index < -0.39 is 0 Å². The summed E-state index contributed by atoms with van der Waals surface area (Å²) in [5, 5.41) is 11.1. The molecule has 4 heteroatoms. The van der Waals surface area contributed by atoms with Gasteiger partial charge in [-0.1, -0.05) is 0 Å². The number of hydrogen-bond donors (Lipinski definition) is 2. The second-order valence-electron chi connectivity index (χ2n) is 3.81. The standard InChI is InChI=1S/C10H17N3O/c11-6-1-7-13-10(14)8-2-4-9(12)5-3-8/h8-9H,1-5,7,12H2,(H,13,14). The molecule has 0 spiro atoms. The lowest BCUT2D eigenvalue weighted by Crippen LogP contribution is -2.36. The van der Waals surface area contributed by atoms with Crippen LogP contribution in [0.25, 0.3) is 0 Å². The van der Waals surface area contributed by atoms with Crippen molar-refractivity contribution in [1.29, 1.82) is 5.26 Å². The van der Waals surface area contributed by atoms with Crippen molar-refractivity contribution < 1.29 is 4.79 Å². The fourth-order valence-electron chi connectivity index (χ4n) is 1.77. The van der Waals surface area contributed by atoms with Crippen LogP contribution in [0.2, 0.25) is 0 Å². The van der Waals surface area contributed by atoms with Gasteiger partial charge in [0, 0.05) is 18.5 Å². The van der Waals surface area contributed by atoms with E-state index in [-0.39, 0.29) is 17.9 Å². The summed E-state index contributed by atoms with van der Waals surface area (Å²) in [7, 11) is 0. The van der Waals surface area contributed by atoms with Crippen LogP contribution < -0.4 is 11.1 Å². The topological polar surface area (TPSA) is 78.9 Å². The lowest BCUT2D eigenvalue weighted by atomic mass is 9.86. The number of nitrogens with one attached hydrogen (secondary N) is 1. The number of nitriles is 1. The largest absolute Gasteiger partial charge is 0.355 e. The maximum atomic E-state index is 11.5. The first-order valence-electron chi connectivity index (χ1n) is 5.14. The maximum Gasteiger partial charge on any atom is 0.223 e. The van der Waals surface area contributed by atoms with Crippen LogP contribution in [-0.2, 0) is 4.79 Å². The molecule has 0 unspecified atom stereocenters. The van der Waals surface area contributed by atoms with Crippen molar-refractivity contribution >= 4 is 5.91 Å². The molecule has 1 amide bonds. The Morgan fingerprint density at radius 1 is 1.43 bits per heavy atom. The second-order valence-corrected chi connectivity index (χ2v) is 3.81. The van der Waals surface area contributed by atoms with E-state index in [1.807, 2.05) is 6.07 Å². The van der Waals surface area contributed by atoms with Gasteiger partial charge in [0.15, 0.2) is 0 Å². The number of hydrogen-bond acceptors (Lipinski definition) is 3. The van der Waals surface area contributed by atoms with Crippen LogP contribution in [0.15, 0.2) is 0 Å². The van der Waals surface area contributed by atoms with Crippen LogP contribution in [-0.4, -0.2) is 18.5 Å². The van der Waals surface area contributed by atoms with Gasteiger partial charge in [-0.2, -0.15) is 5.26 Å². The third kappa shape index (κ3) is 3.35. The minimum absolute atomic E-state index is 0.0900. The van der Waals surface area contributed by atoms with E-state index in [9.17, 15) is 4.79 Å². The highest BCUT2D eigenvalue weighted by Gasteiger charge is 2.23. The van der Waals surface area contributed by atoms with E-state index in [1.165, 1.54) is 0 Å². The fraction of sp³-hybridized carbons (Fsp3) is 0.800. The van der Waals surface area contributed by atoms with Crippen molar-refractivity contribution in [3.05, 3.63) is 0 Å². The first-order chi connectivity index (χ1) is 6.74. The van der Waals surface area contributed by atoms with Gasteiger partial charge >= 0.3 is 0 Å². The van der Waals surface area contributed by atoms with Crippen LogP contribution in [0.5, 0.6) is 0 Å². The Hall–Kier alpha value is -1.08. The van der Waals surface area contributed by atoms with Crippen LogP contribution in [0.4, 0.5) is 0 Å². The molecule has 1 aliphatic rings. The summed E-state index contributed by atoms with van der Waals surface area (Å²) in [5.74, 6) is 0.209. The minimum atomic E-state index is 0.0900. The van der Waals surface area contributed by atoms with Crippen molar-refractivity contribution in [2.75, 3.05) is 6.54 Å².